The van der Waals surface area contributed by atoms with Gasteiger partial charge in [-0.15, -0.1) is 0 Å². The van der Waals surface area contributed by atoms with Crippen molar-refractivity contribution < 1.29 is 22.7 Å². The van der Waals surface area contributed by atoms with Gasteiger partial charge in [0.05, 0.1) is 13.2 Å². The topological polar surface area (TPSA) is 53.6 Å². The van der Waals surface area contributed by atoms with Crippen LogP contribution < -0.4 is 10.6 Å². The predicted molar refractivity (Wildman–Crippen MR) is 96.4 cm³/mol. The molecule has 8 heteroatoms. The molecule has 1 heterocycles. The molecule has 0 atom stereocenters. The summed E-state index contributed by atoms with van der Waals surface area (Å²) in [6.45, 7) is -0.123. The molecule has 2 N–H and O–H groups in total. The zero-order valence-electron chi connectivity index (χ0n) is 14.8. The van der Waals surface area contributed by atoms with Crippen molar-refractivity contribution in [2.45, 2.75) is 25.9 Å². The fraction of sp³-hybridized carbons (Fsp3) is 0.316. The first-order valence-corrected chi connectivity index (χ1v) is 8.40. The van der Waals surface area contributed by atoms with Gasteiger partial charge in [-0.2, -0.15) is 13.2 Å². The summed E-state index contributed by atoms with van der Waals surface area (Å²) in [5.74, 6) is 0. The highest BCUT2D eigenvalue weighted by molar-refractivity contribution is 6.00. The standard InChI is InChI=1S/C19H20F3N3O2/c1-27-11-13-5-7-15(8-6-13)23-18(26)24-17-4-2-3-14-9-25(10-16(14)17)12-19(20,21)22/h2-8H,9-12H2,1H3,(H2,23,24,26). The van der Waals surface area contributed by atoms with Gasteiger partial charge in [0.2, 0.25) is 0 Å². The second kappa shape index (κ2) is 7.98. The number of ether oxygens (including phenoxy) is 1. The molecule has 2 aromatic rings. The lowest BCUT2D eigenvalue weighted by Crippen LogP contribution is -2.30. The number of urea groups is 1. The fourth-order valence-corrected chi connectivity index (χ4v) is 3.11. The molecule has 0 saturated carbocycles. The van der Waals surface area contributed by atoms with E-state index in [1.165, 1.54) is 4.90 Å². The van der Waals surface area contributed by atoms with Crippen LogP contribution in [0.3, 0.4) is 0 Å². The summed E-state index contributed by atoms with van der Waals surface area (Å²) in [5.41, 5.74) is 3.62. The number of alkyl halides is 3. The van der Waals surface area contributed by atoms with Crippen LogP contribution in [0.5, 0.6) is 0 Å². The largest absolute Gasteiger partial charge is 0.401 e. The molecule has 1 aliphatic heterocycles. The number of fused-ring (bicyclic) bond motifs is 1. The van der Waals surface area contributed by atoms with E-state index in [9.17, 15) is 18.0 Å². The number of methoxy groups -OCH3 is 1. The van der Waals surface area contributed by atoms with Gasteiger partial charge in [-0.25, -0.2) is 4.79 Å². The van der Waals surface area contributed by atoms with E-state index in [1.54, 1.807) is 37.4 Å². The molecular formula is C19H20F3N3O2. The molecule has 0 unspecified atom stereocenters. The third kappa shape index (κ3) is 5.21. The molecule has 3 rings (SSSR count). The second-order valence-electron chi connectivity index (χ2n) is 6.41. The minimum Gasteiger partial charge on any atom is -0.380 e. The maximum absolute atomic E-state index is 12.6. The number of carbonyl (C=O) groups excluding carboxylic acids is 1. The molecule has 27 heavy (non-hydrogen) atoms. The van der Waals surface area contributed by atoms with Crippen LogP contribution in [-0.2, 0) is 24.4 Å². The quantitative estimate of drug-likeness (QED) is 0.812. The van der Waals surface area contributed by atoms with Crippen molar-refractivity contribution >= 4 is 17.4 Å². The van der Waals surface area contributed by atoms with E-state index in [2.05, 4.69) is 10.6 Å². The van der Waals surface area contributed by atoms with Crippen LogP contribution >= 0.6 is 0 Å². The summed E-state index contributed by atoms with van der Waals surface area (Å²) in [7, 11) is 1.60. The number of hydrogen-bond donors (Lipinski definition) is 2. The van der Waals surface area contributed by atoms with Crippen LogP contribution in [0, 0.1) is 0 Å². The number of amides is 2. The van der Waals surface area contributed by atoms with Crippen LogP contribution in [0.25, 0.3) is 0 Å². The molecule has 0 bridgehead atoms. The molecule has 2 aromatic carbocycles. The fourth-order valence-electron chi connectivity index (χ4n) is 3.11. The SMILES string of the molecule is COCc1ccc(NC(=O)Nc2cccc3c2CN(CC(F)(F)F)C3)cc1. The molecular weight excluding hydrogens is 359 g/mol. The summed E-state index contributed by atoms with van der Waals surface area (Å²) in [4.78, 5) is 13.6. The van der Waals surface area contributed by atoms with Gasteiger partial charge in [-0.05, 0) is 34.9 Å². The van der Waals surface area contributed by atoms with Crippen molar-refractivity contribution in [1.29, 1.82) is 0 Å². The van der Waals surface area contributed by atoms with Crippen molar-refractivity contribution in [3.63, 3.8) is 0 Å². The second-order valence-corrected chi connectivity index (χ2v) is 6.41. The summed E-state index contributed by atoms with van der Waals surface area (Å²) in [6.07, 6.45) is -4.25. The number of halogens is 3. The number of rotatable bonds is 5. The summed E-state index contributed by atoms with van der Waals surface area (Å²) >= 11 is 0. The molecule has 1 aliphatic rings. The Kier molecular flexibility index (Phi) is 5.67. The Labute approximate surface area is 155 Å². The van der Waals surface area contributed by atoms with Crippen molar-refractivity contribution in [3.05, 3.63) is 59.2 Å². The Morgan fingerprint density at radius 2 is 1.85 bits per heavy atom. The molecule has 2 amide bonds. The molecule has 0 aromatic heterocycles. The maximum Gasteiger partial charge on any atom is 0.401 e. The Morgan fingerprint density at radius 3 is 2.52 bits per heavy atom. The number of nitrogens with zero attached hydrogens (tertiary/aromatic N) is 1. The third-order valence-corrected chi connectivity index (χ3v) is 4.22. The lowest BCUT2D eigenvalue weighted by Gasteiger charge is -2.17. The third-order valence-electron chi connectivity index (χ3n) is 4.22. The zero-order valence-corrected chi connectivity index (χ0v) is 14.8. The van der Waals surface area contributed by atoms with Crippen LogP contribution in [0.4, 0.5) is 29.3 Å². The molecule has 144 valence electrons. The van der Waals surface area contributed by atoms with Crippen molar-refractivity contribution in [3.8, 4) is 0 Å². The molecule has 0 radical (unpaired) electrons. The van der Waals surface area contributed by atoms with E-state index < -0.39 is 18.8 Å². The minimum atomic E-state index is -4.25. The normalized spacial score (nSPS) is 14.1. The Hall–Kier alpha value is -2.58. The first-order chi connectivity index (χ1) is 12.8. The monoisotopic (exact) mass is 379 g/mol. The molecule has 0 spiro atoms. The average molecular weight is 379 g/mol. The number of carbonyl (C=O) groups is 1. The Bertz CT molecular complexity index is 807. The number of hydrogen-bond acceptors (Lipinski definition) is 3. The molecule has 0 fully saturated rings. The maximum atomic E-state index is 12.6. The van der Waals surface area contributed by atoms with Crippen LogP contribution in [0.2, 0.25) is 0 Å². The number of anilines is 2. The molecule has 0 aliphatic carbocycles. The highest BCUT2D eigenvalue weighted by Crippen LogP contribution is 2.31. The van der Waals surface area contributed by atoms with E-state index in [1.807, 2.05) is 12.1 Å². The van der Waals surface area contributed by atoms with Gasteiger partial charge in [0, 0.05) is 31.6 Å². The molecule has 0 saturated heterocycles. The van der Waals surface area contributed by atoms with Gasteiger partial charge in [0.25, 0.3) is 0 Å². The van der Waals surface area contributed by atoms with E-state index >= 15 is 0 Å². The van der Waals surface area contributed by atoms with Gasteiger partial charge < -0.3 is 15.4 Å². The minimum absolute atomic E-state index is 0.150. The van der Waals surface area contributed by atoms with Gasteiger partial charge in [-0.3, -0.25) is 4.90 Å². The van der Waals surface area contributed by atoms with Gasteiger partial charge in [0.15, 0.2) is 0 Å². The number of nitrogens with one attached hydrogen (secondary N) is 2. The van der Waals surface area contributed by atoms with Crippen LogP contribution in [0.1, 0.15) is 16.7 Å². The average Bonchev–Trinajstić information content (AvgIpc) is 2.98. The molecule has 5 nitrogen and oxygen atoms in total. The van der Waals surface area contributed by atoms with E-state index in [-0.39, 0.29) is 13.1 Å². The summed E-state index contributed by atoms with van der Waals surface area (Å²) < 4.78 is 42.9. The highest BCUT2D eigenvalue weighted by Gasteiger charge is 2.34. The Morgan fingerprint density at radius 1 is 1.11 bits per heavy atom. The smallest absolute Gasteiger partial charge is 0.380 e. The van der Waals surface area contributed by atoms with E-state index in [4.69, 9.17) is 4.74 Å². The van der Waals surface area contributed by atoms with Crippen molar-refractivity contribution in [2.75, 3.05) is 24.3 Å². The van der Waals surface area contributed by atoms with Crippen molar-refractivity contribution in [2.24, 2.45) is 0 Å². The Balaban J connectivity index is 1.63. The first kappa shape index (κ1) is 19.2. The zero-order chi connectivity index (χ0) is 19.4. The lowest BCUT2D eigenvalue weighted by atomic mass is 10.1. The van der Waals surface area contributed by atoms with Gasteiger partial charge >= 0.3 is 12.2 Å². The van der Waals surface area contributed by atoms with E-state index in [0.29, 0.717) is 23.5 Å². The van der Waals surface area contributed by atoms with Gasteiger partial charge in [0.1, 0.15) is 0 Å². The lowest BCUT2D eigenvalue weighted by molar-refractivity contribution is -0.146. The first-order valence-electron chi connectivity index (χ1n) is 8.40. The van der Waals surface area contributed by atoms with Crippen LogP contribution in [-0.4, -0.2) is 30.8 Å². The number of benzene rings is 2. The highest BCUT2D eigenvalue weighted by atomic mass is 19.4. The van der Waals surface area contributed by atoms with Crippen LogP contribution in [0.15, 0.2) is 42.5 Å². The predicted octanol–water partition coefficient (Wildman–Crippen LogP) is 4.35. The van der Waals surface area contributed by atoms with Gasteiger partial charge in [-0.1, -0.05) is 24.3 Å². The van der Waals surface area contributed by atoms with E-state index in [0.717, 1.165) is 11.1 Å². The summed E-state index contributed by atoms with van der Waals surface area (Å²) in [5, 5.41) is 5.45. The van der Waals surface area contributed by atoms with Crippen molar-refractivity contribution in [1.82, 2.24) is 4.90 Å². The summed E-state index contributed by atoms with van der Waals surface area (Å²) in [6, 6.07) is 12.0.